The van der Waals surface area contributed by atoms with E-state index in [-0.39, 0.29) is 12.3 Å². The van der Waals surface area contributed by atoms with Crippen molar-refractivity contribution in [2.24, 2.45) is 11.7 Å². The minimum atomic E-state index is -0.810. The summed E-state index contributed by atoms with van der Waals surface area (Å²) in [5.41, 5.74) is 5.40. The Hall–Kier alpha value is -0.610. The van der Waals surface area contributed by atoms with E-state index in [1.165, 1.54) is 0 Å². The van der Waals surface area contributed by atoms with Crippen LogP contribution in [-0.2, 0) is 4.79 Å². The molecule has 13 heavy (non-hydrogen) atoms. The fourth-order valence-corrected chi connectivity index (χ4v) is 1.88. The fraction of sp³-hybridized carbons (Fsp3) is 0.889. The van der Waals surface area contributed by atoms with E-state index in [0.29, 0.717) is 0 Å². The van der Waals surface area contributed by atoms with Crippen LogP contribution in [0.2, 0.25) is 0 Å². The van der Waals surface area contributed by atoms with E-state index in [9.17, 15) is 4.79 Å². The molecule has 0 aromatic rings. The molecule has 0 saturated carbocycles. The summed E-state index contributed by atoms with van der Waals surface area (Å²) in [5.74, 6) is -0.520. The molecule has 1 aliphatic rings. The predicted octanol–water partition coefficient (Wildman–Crippen LogP) is 0.178. The average molecular weight is 186 g/mol. The molecule has 1 aliphatic heterocycles. The molecule has 4 heteroatoms. The number of nitrogens with two attached hydrogens (primary N) is 1. The van der Waals surface area contributed by atoms with Crippen LogP contribution in [0.4, 0.5) is 0 Å². The Morgan fingerprint density at radius 1 is 1.77 bits per heavy atom. The van der Waals surface area contributed by atoms with Gasteiger partial charge in [-0.05, 0) is 38.8 Å². The maximum atomic E-state index is 10.6. The number of piperidine rings is 1. The quantitative estimate of drug-likeness (QED) is 0.587. The van der Waals surface area contributed by atoms with E-state index < -0.39 is 11.5 Å². The highest BCUT2D eigenvalue weighted by atomic mass is 16.4. The monoisotopic (exact) mass is 186 g/mol. The van der Waals surface area contributed by atoms with Crippen LogP contribution < -0.4 is 11.1 Å². The lowest BCUT2D eigenvalue weighted by atomic mass is 9.79. The van der Waals surface area contributed by atoms with E-state index in [0.717, 1.165) is 25.9 Å². The van der Waals surface area contributed by atoms with Crippen molar-refractivity contribution in [2.45, 2.75) is 31.7 Å². The summed E-state index contributed by atoms with van der Waals surface area (Å²) in [6.07, 6.45) is 2.18. The van der Waals surface area contributed by atoms with Gasteiger partial charge in [0.2, 0.25) is 0 Å². The third kappa shape index (κ3) is 2.97. The number of nitrogens with one attached hydrogen (secondary N) is 1. The largest absolute Gasteiger partial charge is 0.481 e. The first-order chi connectivity index (χ1) is 6.02. The predicted molar refractivity (Wildman–Crippen MR) is 50.4 cm³/mol. The first kappa shape index (κ1) is 10.5. The first-order valence-electron chi connectivity index (χ1n) is 4.74. The van der Waals surface area contributed by atoms with Crippen LogP contribution in [0.25, 0.3) is 0 Å². The van der Waals surface area contributed by atoms with Crippen molar-refractivity contribution in [2.75, 3.05) is 13.1 Å². The minimum Gasteiger partial charge on any atom is -0.481 e. The first-order valence-corrected chi connectivity index (χ1v) is 4.74. The molecule has 1 rings (SSSR count). The fourth-order valence-electron chi connectivity index (χ4n) is 1.88. The zero-order valence-corrected chi connectivity index (χ0v) is 8.05. The molecule has 1 heterocycles. The van der Waals surface area contributed by atoms with Crippen LogP contribution in [0.15, 0.2) is 0 Å². The molecule has 76 valence electrons. The number of carboxylic acid groups (broad SMARTS) is 1. The molecule has 0 amide bonds. The Labute approximate surface area is 78.5 Å². The molecule has 0 aromatic carbocycles. The second-order valence-electron chi connectivity index (χ2n) is 4.12. The number of carboxylic acids is 1. The Kier molecular flexibility index (Phi) is 3.27. The molecule has 0 spiro atoms. The van der Waals surface area contributed by atoms with Gasteiger partial charge in [-0.15, -0.1) is 0 Å². The van der Waals surface area contributed by atoms with Crippen molar-refractivity contribution in [3.05, 3.63) is 0 Å². The van der Waals surface area contributed by atoms with Gasteiger partial charge in [-0.1, -0.05) is 0 Å². The lowest BCUT2D eigenvalue weighted by molar-refractivity contribution is -0.138. The summed E-state index contributed by atoms with van der Waals surface area (Å²) in [6, 6.07) is 0. The zero-order valence-electron chi connectivity index (χ0n) is 8.05. The van der Waals surface area contributed by atoms with Crippen molar-refractivity contribution < 1.29 is 9.90 Å². The third-order valence-corrected chi connectivity index (χ3v) is 2.76. The molecule has 0 radical (unpaired) electrons. The molecule has 4 N–H and O–H groups in total. The van der Waals surface area contributed by atoms with Crippen molar-refractivity contribution in [1.29, 1.82) is 0 Å². The van der Waals surface area contributed by atoms with Gasteiger partial charge in [0.25, 0.3) is 0 Å². The van der Waals surface area contributed by atoms with Gasteiger partial charge in [-0.25, -0.2) is 0 Å². The highest BCUT2D eigenvalue weighted by molar-refractivity contribution is 5.68. The summed E-state index contributed by atoms with van der Waals surface area (Å²) >= 11 is 0. The second-order valence-corrected chi connectivity index (χ2v) is 4.12. The van der Waals surface area contributed by atoms with Crippen LogP contribution in [-0.4, -0.2) is 29.7 Å². The number of carbonyl (C=O) groups is 1. The molecule has 1 saturated heterocycles. The van der Waals surface area contributed by atoms with Crippen molar-refractivity contribution in [1.82, 2.24) is 5.32 Å². The SMILES string of the molecule is CC(N)(CC(=O)O)C1CCCNC1. The van der Waals surface area contributed by atoms with Gasteiger partial charge in [0.15, 0.2) is 0 Å². The van der Waals surface area contributed by atoms with Gasteiger partial charge in [0.05, 0.1) is 6.42 Å². The molecule has 0 aromatic heterocycles. The number of hydrogen-bond acceptors (Lipinski definition) is 3. The van der Waals surface area contributed by atoms with Gasteiger partial charge in [0.1, 0.15) is 0 Å². The Morgan fingerprint density at radius 2 is 2.46 bits per heavy atom. The molecule has 0 bridgehead atoms. The summed E-state index contributed by atoms with van der Waals surface area (Å²) in [6.45, 7) is 3.71. The van der Waals surface area contributed by atoms with Crippen molar-refractivity contribution in [3.63, 3.8) is 0 Å². The Morgan fingerprint density at radius 3 is 2.92 bits per heavy atom. The van der Waals surface area contributed by atoms with Crippen molar-refractivity contribution in [3.8, 4) is 0 Å². The van der Waals surface area contributed by atoms with Gasteiger partial charge < -0.3 is 16.2 Å². The molecule has 1 fully saturated rings. The highest BCUT2D eigenvalue weighted by Crippen LogP contribution is 2.24. The molecule has 0 aliphatic carbocycles. The minimum absolute atomic E-state index is 0.0549. The smallest absolute Gasteiger partial charge is 0.305 e. The lowest BCUT2D eigenvalue weighted by Gasteiger charge is -2.35. The molecule has 2 unspecified atom stereocenters. The molecular formula is C9H18N2O2. The van der Waals surface area contributed by atoms with Crippen LogP contribution in [0.3, 0.4) is 0 Å². The average Bonchev–Trinajstić information content (AvgIpc) is 2.04. The normalized spacial score (nSPS) is 28.0. The number of rotatable bonds is 3. The molecular weight excluding hydrogens is 168 g/mol. The zero-order chi connectivity index (χ0) is 9.90. The molecule has 4 nitrogen and oxygen atoms in total. The standard InChI is InChI=1S/C9H18N2O2/c1-9(10,5-8(12)13)7-3-2-4-11-6-7/h7,11H,2-6,10H2,1H3,(H,12,13). The number of aliphatic carboxylic acids is 1. The van der Waals surface area contributed by atoms with Gasteiger partial charge in [0, 0.05) is 5.54 Å². The van der Waals surface area contributed by atoms with E-state index in [1.54, 1.807) is 0 Å². The summed E-state index contributed by atoms with van der Waals surface area (Å²) in [4.78, 5) is 10.6. The maximum absolute atomic E-state index is 10.6. The summed E-state index contributed by atoms with van der Waals surface area (Å²) in [7, 11) is 0. The Bertz CT molecular complexity index is 186. The van der Waals surface area contributed by atoms with Crippen LogP contribution in [0, 0.1) is 5.92 Å². The second kappa shape index (κ2) is 4.07. The van der Waals surface area contributed by atoms with Gasteiger partial charge in [-0.2, -0.15) is 0 Å². The number of hydrogen-bond donors (Lipinski definition) is 3. The van der Waals surface area contributed by atoms with E-state index in [1.807, 2.05) is 6.92 Å². The maximum Gasteiger partial charge on any atom is 0.305 e. The van der Waals surface area contributed by atoms with Crippen LogP contribution >= 0.6 is 0 Å². The van der Waals surface area contributed by atoms with E-state index in [4.69, 9.17) is 10.8 Å². The van der Waals surface area contributed by atoms with Crippen LogP contribution in [0.1, 0.15) is 26.2 Å². The third-order valence-electron chi connectivity index (χ3n) is 2.76. The lowest BCUT2D eigenvalue weighted by Crippen LogP contribution is -2.51. The van der Waals surface area contributed by atoms with Crippen molar-refractivity contribution >= 4 is 5.97 Å². The van der Waals surface area contributed by atoms with E-state index >= 15 is 0 Å². The molecule has 2 atom stereocenters. The summed E-state index contributed by atoms with van der Waals surface area (Å²) < 4.78 is 0. The van der Waals surface area contributed by atoms with Crippen LogP contribution in [0.5, 0.6) is 0 Å². The topological polar surface area (TPSA) is 75.4 Å². The van der Waals surface area contributed by atoms with E-state index in [2.05, 4.69) is 5.32 Å². The Balaban J connectivity index is 2.50. The highest BCUT2D eigenvalue weighted by Gasteiger charge is 2.33. The van der Waals surface area contributed by atoms with Gasteiger partial charge in [-0.3, -0.25) is 4.79 Å². The van der Waals surface area contributed by atoms with Gasteiger partial charge >= 0.3 is 5.97 Å². The summed E-state index contributed by atoms with van der Waals surface area (Å²) in [5, 5.41) is 11.9.